The van der Waals surface area contributed by atoms with E-state index in [1.807, 2.05) is 11.8 Å². The molecule has 4 rings (SSSR count). The summed E-state index contributed by atoms with van der Waals surface area (Å²) in [6.07, 6.45) is 7.81. The van der Waals surface area contributed by atoms with Crippen LogP contribution >= 0.6 is 11.8 Å². The monoisotopic (exact) mass is 513 g/mol. The van der Waals surface area contributed by atoms with Crippen molar-refractivity contribution < 1.29 is 23.9 Å². The zero-order chi connectivity index (χ0) is 25.5. The number of fused-ring (bicyclic) bond motifs is 2. The molecule has 4 N–H and O–H groups in total. The van der Waals surface area contributed by atoms with E-state index in [9.17, 15) is 24.3 Å². The van der Waals surface area contributed by atoms with Crippen molar-refractivity contribution in [2.75, 3.05) is 12.3 Å². The first-order valence-corrected chi connectivity index (χ1v) is 13.3. The van der Waals surface area contributed by atoms with Crippen LogP contribution in [0.5, 0.6) is 5.75 Å². The topological polar surface area (TPSA) is 138 Å². The molecular weight excluding hydrogens is 482 g/mol. The van der Waals surface area contributed by atoms with Gasteiger partial charge in [-0.3, -0.25) is 9.59 Å². The number of hydrogen-bond acceptors (Lipinski definition) is 7. The number of carbonyl (C=O) groups excluding carboxylic acids is 3. The van der Waals surface area contributed by atoms with E-state index in [0.717, 1.165) is 25.0 Å². The minimum atomic E-state index is -0.517. The van der Waals surface area contributed by atoms with Gasteiger partial charge in [-0.25, -0.2) is 9.59 Å². The van der Waals surface area contributed by atoms with E-state index >= 15 is 0 Å². The van der Waals surface area contributed by atoms with E-state index in [2.05, 4.69) is 16.0 Å². The van der Waals surface area contributed by atoms with Crippen LogP contribution in [0.15, 0.2) is 45.6 Å². The molecule has 2 aliphatic rings. The molecule has 10 heteroatoms. The van der Waals surface area contributed by atoms with Crippen molar-refractivity contribution in [1.29, 1.82) is 0 Å². The van der Waals surface area contributed by atoms with Gasteiger partial charge in [-0.15, -0.1) is 0 Å². The normalized spacial score (nSPS) is 20.9. The van der Waals surface area contributed by atoms with Crippen molar-refractivity contribution in [1.82, 2.24) is 16.0 Å². The number of aromatic hydroxyl groups is 1. The third-order valence-corrected chi connectivity index (χ3v) is 7.99. The molecule has 9 nitrogen and oxygen atoms in total. The quantitative estimate of drug-likeness (QED) is 0.148. The number of phenols is 1. The molecule has 2 aromatic rings. The lowest BCUT2D eigenvalue weighted by molar-refractivity contribution is -0.120. The Morgan fingerprint density at radius 2 is 1.97 bits per heavy atom. The van der Waals surface area contributed by atoms with Gasteiger partial charge < -0.3 is 25.5 Å². The Balaban J connectivity index is 1.08. The third kappa shape index (κ3) is 6.90. The summed E-state index contributed by atoms with van der Waals surface area (Å²) in [5.41, 5.74) is 0.480. The van der Waals surface area contributed by atoms with Crippen LogP contribution in [-0.4, -0.2) is 52.5 Å². The highest BCUT2D eigenvalue weighted by atomic mass is 32.2. The Bertz CT molecular complexity index is 1210. The molecule has 1 aromatic carbocycles. The predicted molar refractivity (Wildman–Crippen MR) is 138 cm³/mol. The summed E-state index contributed by atoms with van der Waals surface area (Å²) in [5.74, 6) is 0.900. The molecule has 2 aliphatic heterocycles. The summed E-state index contributed by atoms with van der Waals surface area (Å²) in [4.78, 5) is 47.4. The second-order valence-electron chi connectivity index (χ2n) is 9.18. The predicted octanol–water partition coefficient (Wildman–Crippen LogP) is 2.79. The lowest BCUT2D eigenvalue weighted by atomic mass is 10.0. The molecule has 0 saturated carbocycles. The minimum absolute atomic E-state index is 0.00967. The smallest absolute Gasteiger partial charge is 0.336 e. The SMILES string of the molecule is O=C(CCCCC1SCC2NC(=O)NC21)CCCNC(=O)/C=C/Cc1cc(=O)oc2cc(O)ccc12. The average Bonchev–Trinajstić information content (AvgIpc) is 3.38. The van der Waals surface area contributed by atoms with Crippen molar-refractivity contribution in [2.24, 2.45) is 0 Å². The fourth-order valence-corrected chi connectivity index (χ4v) is 6.22. The summed E-state index contributed by atoms with van der Waals surface area (Å²) in [6.45, 7) is 0.417. The van der Waals surface area contributed by atoms with Gasteiger partial charge in [0.1, 0.15) is 17.1 Å². The van der Waals surface area contributed by atoms with Crippen molar-refractivity contribution in [3.8, 4) is 5.75 Å². The van der Waals surface area contributed by atoms with E-state index in [4.69, 9.17) is 4.42 Å². The molecule has 36 heavy (non-hydrogen) atoms. The van der Waals surface area contributed by atoms with Crippen molar-refractivity contribution in [3.05, 3.63) is 52.4 Å². The number of hydrogen-bond donors (Lipinski definition) is 4. The van der Waals surface area contributed by atoms with Gasteiger partial charge in [-0.1, -0.05) is 12.5 Å². The Labute approximate surface area is 213 Å². The first kappa shape index (κ1) is 25.8. The number of allylic oxidation sites excluding steroid dienone is 1. The van der Waals surface area contributed by atoms with Gasteiger partial charge in [0.25, 0.3) is 0 Å². The zero-order valence-corrected chi connectivity index (χ0v) is 20.8. The lowest BCUT2D eigenvalue weighted by Gasteiger charge is -2.16. The molecule has 3 amide bonds. The van der Waals surface area contributed by atoms with Gasteiger partial charge >= 0.3 is 11.7 Å². The maximum Gasteiger partial charge on any atom is 0.336 e. The van der Waals surface area contributed by atoms with E-state index in [0.29, 0.717) is 54.0 Å². The standard InChI is InChI=1S/C26H31N3O6S/c30-17(6-1-2-8-22-25-20(15-36-22)28-26(34)29-25)7-4-12-27-23(32)9-3-5-16-13-24(33)35-21-14-18(31)10-11-19(16)21/h3,9-11,13-14,20,22,25,31H,1-2,4-8,12,15H2,(H,27,32)(H2,28,29,34)/b9-3+. The number of urea groups is 1. The molecular formula is C26H31N3O6S. The summed E-state index contributed by atoms with van der Waals surface area (Å²) in [5, 5.41) is 19.4. The van der Waals surface area contributed by atoms with Crippen LogP contribution < -0.4 is 21.6 Å². The van der Waals surface area contributed by atoms with Crippen LogP contribution in [0, 0.1) is 0 Å². The molecule has 0 spiro atoms. The van der Waals surface area contributed by atoms with E-state index in [-0.39, 0.29) is 35.6 Å². The lowest BCUT2D eigenvalue weighted by Crippen LogP contribution is -2.36. The van der Waals surface area contributed by atoms with Crippen molar-refractivity contribution in [3.63, 3.8) is 0 Å². The highest BCUT2D eigenvalue weighted by molar-refractivity contribution is 8.00. The largest absolute Gasteiger partial charge is 0.508 e. The Morgan fingerprint density at radius 3 is 2.83 bits per heavy atom. The third-order valence-electron chi connectivity index (χ3n) is 6.48. The summed E-state index contributed by atoms with van der Waals surface area (Å²) in [6, 6.07) is 6.31. The van der Waals surface area contributed by atoms with Crippen molar-refractivity contribution in [2.45, 2.75) is 62.3 Å². The second-order valence-corrected chi connectivity index (χ2v) is 10.5. The number of carbonyl (C=O) groups is 3. The van der Waals surface area contributed by atoms with Gasteiger partial charge in [-0.05, 0) is 49.5 Å². The molecule has 2 fully saturated rings. The highest BCUT2D eigenvalue weighted by Gasteiger charge is 2.42. The van der Waals surface area contributed by atoms with E-state index < -0.39 is 5.63 Å². The van der Waals surface area contributed by atoms with Gasteiger partial charge in [0, 0.05) is 47.9 Å². The van der Waals surface area contributed by atoms with E-state index in [1.165, 1.54) is 24.3 Å². The molecule has 3 unspecified atom stereocenters. The molecule has 0 aliphatic carbocycles. The molecule has 192 valence electrons. The highest BCUT2D eigenvalue weighted by Crippen LogP contribution is 2.33. The number of amides is 3. The number of rotatable bonds is 12. The van der Waals surface area contributed by atoms with Gasteiger partial charge in [0.2, 0.25) is 5.91 Å². The Morgan fingerprint density at radius 1 is 1.14 bits per heavy atom. The number of benzene rings is 1. The number of ketones is 1. The molecule has 1 aromatic heterocycles. The average molecular weight is 514 g/mol. The Kier molecular flexibility index (Phi) is 8.69. The minimum Gasteiger partial charge on any atom is -0.508 e. The van der Waals surface area contributed by atoms with Crippen LogP contribution in [0.25, 0.3) is 11.0 Å². The molecule has 0 bridgehead atoms. The van der Waals surface area contributed by atoms with Crippen LogP contribution in [0.2, 0.25) is 0 Å². The number of thioether (sulfide) groups is 1. The summed E-state index contributed by atoms with van der Waals surface area (Å²) >= 11 is 1.89. The number of Topliss-reactive ketones (excluding diaryl/α,β-unsaturated/α-hetero) is 1. The maximum absolute atomic E-state index is 12.1. The second kappa shape index (κ2) is 12.1. The van der Waals surface area contributed by atoms with Gasteiger partial charge in [0.15, 0.2) is 0 Å². The van der Waals surface area contributed by atoms with Crippen LogP contribution in [0.4, 0.5) is 4.79 Å². The van der Waals surface area contributed by atoms with Crippen molar-refractivity contribution >= 4 is 40.5 Å². The Hall–Kier alpha value is -3.27. The summed E-state index contributed by atoms with van der Waals surface area (Å²) in [7, 11) is 0. The first-order chi connectivity index (χ1) is 17.4. The summed E-state index contributed by atoms with van der Waals surface area (Å²) < 4.78 is 5.10. The molecule has 3 heterocycles. The van der Waals surface area contributed by atoms with Crippen LogP contribution in [-0.2, 0) is 16.0 Å². The fourth-order valence-electron chi connectivity index (χ4n) is 4.67. The van der Waals surface area contributed by atoms with Crippen LogP contribution in [0.3, 0.4) is 0 Å². The molecule has 0 radical (unpaired) electrons. The first-order valence-electron chi connectivity index (χ1n) is 12.3. The molecule has 2 saturated heterocycles. The zero-order valence-electron chi connectivity index (χ0n) is 20.0. The van der Waals surface area contributed by atoms with Gasteiger partial charge in [0.05, 0.1) is 12.1 Å². The van der Waals surface area contributed by atoms with E-state index in [1.54, 1.807) is 12.1 Å². The number of nitrogens with one attached hydrogen (secondary N) is 3. The van der Waals surface area contributed by atoms with Gasteiger partial charge in [-0.2, -0.15) is 11.8 Å². The van der Waals surface area contributed by atoms with Crippen LogP contribution in [0.1, 0.15) is 44.1 Å². The number of unbranched alkanes of at least 4 members (excludes halogenated alkanes) is 1. The molecule has 3 atom stereocenters. The fraction of sp³-hybridized carbons (Fsp3) is 0.462. The number of phenolic OH excluding ortho intramolecular Hbond substituents is 1. The maximum atomic E-state index is 12.1.